The average molecular weight is 445 g/mol. The molecular formula is C25H24N4O2S. The maximum atomic E-state index is 12.8. The first-order valence-corrected chi connectivity index (χ1v) is 11.3. The molecule has 1 amide bonds. The predicted octanol–water partition coefficient (Wildman–Crippen LogP) is 5.31. The van der Waals surface area contributed by atoms with E-state index in [0.29, 0.717) is 11.7 Å². The van der Waals surface area contributed by atoms with E-state index in [9.17, 15) is 9.59 Å². The summed E-state index contributed by atoms with van der Waals surface area (Å²) >= 11 is 1.42. The third kappa shape index (κ3) is 4.68. The Labute approximate surface area is 190 Å². The molecule has 2 aromatic heterocycles. The minimum atomic E-state index is -0.394. The Bertz CT molecular complexity index is 1240. The lowest BCUT2D eigenvalue weighted by atomic mass is 10.0. The molecule has 4 rings (SSSR count). The minimum Gasteiger partial charge on any atom is -0.296 e. The number of anilines is 1. The fraction of sp³-hybridized carbons (Fsp3) is 0.200. The third-order valence-corrected chi connectivity index (χ3v) is 6.04. The highest BCUT2D eigenvalue weighted by molar-refractivity contribution is 7.19. The van der Waals surface area contributed by atoms with Gasteiger partial charge in [0, 0.05) is 18.2 Å². The summed E-state index contributed by atoms with van der Waals surface area (Å²) in [5, 5.41) is 7.54. The lowest BCUT2D eigenvalue weighted by molar-refractivity contribution is 0.101. The molecule has 162 valence electrons. The number of rotatable bonds is 6. The first-order valence-electron chi connectivity index (χ1n) is 10.5. The summed E-state index contributed by atoms with van der Waals surface area (Å²) in [4.78, 5) is 30.5. The molecule has 2 heterocycles. The molecule has 0 fully saturated rings. The summed E-state index contributed by atoms with van der Waals surface area (Å²) in [6.07, 6.45) is 0.754. The van der Waals surface area contributed by atoms with Crippen molar-refractivity contribution in [2.45, 2.75) is 33.7 Å². The molecule has 0 saturated heterocycles. The van der Waals surface area contributed by atoms with Gasteiger partial charge in [0.05, 0.1) is 10.6 Å². The van der Waals surface area contributed by atoms with E-state index in [0.717, 1.165) is 28.1 Å². The number of carbonyl (C=O) groups is 1. The zero-order chi connectivity index (χ0) is 22.7. The van der Waals surface area contributed by atoms with Gasteiger partial charge in [-0.25, -0.2) is 9.67 Å². The van der Waals surface area contributed by atoms with Crippen LogP contribution in [0.3, 0.4) is 0 Å². The van der Waals surface area contributed by atoms with Gasteiger partial charge in [-0.3, -0.25) is 14.9 Å². The standard InChI is InChI=1S/C25H24N4O2S/c1-4-15-29-21(30)14-13-20(28-29)24(31)27-25-26-22(18-9-5-16(2)6-10-18)23(32-25)19-11-7-17(3)8-12-19/h5-14H,4,15H2,1-3H3,(H,26,27,31). The zero-order valence-electron chi connectivity index (χ0n) is 18.3. The van der Waals surface area contributed by atoms with Crippen molar-refractivity contribution < 1.29 is 4.79 Å². The number of nitrogens with one attached hydrogen (secondary N) is 1. The number of hydrogen-bond acceptors (Lipinski definition) is 5. The van der Waals surface area contributed by atoms with Gasteiger partial charge in [-0.15, -0.1) is 0 Å². The summed E-state index contributed by atoms with van der Waals surface area (Å²) in [6, 6.07) is 19.2. The Morgan fingerprint density at radius 3 is 2.19 bits per heavy atom. The van der Waals surface area contributed by atoms with Crippen molar-refractivity contribution in [3.05, 3.63) is 87.8 Å². The largest absolute Gasteiger partial charge is 0.296 e. The molecule has 2 aromatic carbocycles. The highest BCUT2D eigenvalue weighted by atomic mass is 32.1. The quantitative estimate of drug-likeness (QED) is 0.437. The number of amides is 1. The zero-order valence-corrected chi connectivity index (χ0v) is 19.1. The molecule has 0 bridgehead atoms. The summed E-state index contributed by atoms with van der Waals surface area (Å²) in [7, 11) is 0. The van der Waals surface area contributed by atoms with Gasteiger partial charge < -0.3 is 0 Å². The van der Waals surface area contributed by atoms with E-state index in [1.165, 1.54) is 39.3 Å². The summed E-state index contributed by atoms with van der Waals surface area (Å²) in [5.41, 5.74) is 5.15. The second kappa shape index (κ2) is 9.28. The lowest BCUT2D eigenvalue weighted by Crippen LogP contribution is -2.26. The lowest BCUT2D eigenvalue weighted by Gasteiger charge is -2.05. The molecule has 0 aliphatic carbocycles. The Morgan fingerprint density at radius 1 is 0.938 bits per heavy atom. The van der Waals surface area contributed by atoms with E-state index < -0.39 is 5.91 Å². The molecule has 7 heteroatoms. The van der Waals surface area contributed by atoms with Crippen LogP contribution in [0.1, 0.15) is 35.0 Å². The van der Waals surface area contributed by atoms with E-state index in [4.69, 9.17) is 4.98 Å². The van der Waals surface area contributed by atoms with Gasteiger partial charge >= 0.3 is 0 Å². The third-order valence-electron chi connectivity index (χ3n) is 5.02. The molecule has 0 atom stereocenters. The molecule has 0 radical (unpaired) electrons. The smallest absolute Gasteiger partial charge is 0.277 e. The number of aromatic nitrogens is 3. The Hall–Kier alpha value is -3.58. The van der Waals surface area contributed by atoms with Crippen molar-refractivity contribution in [3.8, 4) is 21.7 Å². The van der Waals surface area contributed by atoms with Gasteiger partial charge in [0.15, 0.2) is 5.13 Å². The van der Waals surface area contributed by atoms with Gasteiger partial charge in [-0.1, -0.05) is 77.9 Å². The number of nitrogens with zero attached hydrogens (tertiary/aromatic N) is 3. The first-order chi connectivity index (χ1) is 15.4. The average Bonchev–Trinajstić information content (AvgIpc) is 3.20. The Balaban J connectivity index is 1.70. The summed E-state index contributed by atoms with van der Waals surface area (Å²) in [6.45, 7) is 6.51. The van der Waals surface area contributed by atoms with E-state index in [1.807, 2.05) is 45.0 Å². The van der Waals surface area contributed by atoms with Crippen molar-refractivity contribution in [1.82, 2.24) is 14.8 Å². The maximum Gasteiger partial charge on any atom is 0.277 e. The molecule has 0 spiro atoms. The molecule has 0 aliphatic heterocycles. The number of aryl methyl sites for hydroxylation is 3. The topological polar surface area (TPSA) is 76.9 Å². The Morgan fingerprint density at radius 2 is 1.56 bits per heavy atom. The van der Waals surface area contributed by atoms with Crippen LogP contribution < -0.4 is 10.9 Å². The second-order valence-electron chi connectivity index (χ2n) is 7.66. The number of thiazole rings is 1. The fourth-order valence-electron chi connectivity index (χ4n) is 3.28. The van der Waals surface area contributed by atoms with Gasteiger partial charge in [-0.2, -0.15) is 5.10 Å². The SMILES string of the molecule is CCCn1nc(C(=O)Nc2nc(-c3ccc(C)cc3)c(-c3ccc(C)cc3)s2)ccc1=O. The van der Waals surface area contributed by atoms with E-state index in [-0.39, 0.29) is 11.3 Å². The second-order valence-corrected chi connectivity index (χ2v) is 8.66. The van der Waals surface area contributed by atoms with Crippen molar-refractivity contribution >= 4 is 22.4 Å². The van der Waals surface area contributed by atoms with Crippen LogP contribution in [-0.2, 0) is 6.54 Å². The van der Waals surface area contributed by atoms with Crippen LogP contribution in [0.25, 0.3) is 21.7 Å². The molecule has 1 N–H and O–H groups in total. The van der Waals surface area contributed by atoms with Gasteiger partial charge in [0.2, 0.25) is 0 Å². The number of hydrogen-bond donors (Lipinski definition) is 1. The highest BCUT2D eigenvalue weighted by Crippen LogP contribution is 2.39. The van der Waals surface area contributed by atoms with Crippen LogP contribution in [0.4, 0.5) is 5.13 Å². The summed E-state index contributed by atoms with van der Waals surface area (Å²) in [5.74, 6) is -0.394. The van der Waals surface area contributed by atoms with Crippen LogP contribution in [0.5, 0.6) is 0 Å². The normalized spacial score (nSPS) is 10.8. The number of carbonyl (C=O) groups excluding carboxylic acids is 1. The van der Waals surface area contributed by atoms with Crippen LogP contribution in [0.2, 0.25) is 0 Å². The maximum absolute atomic E-state index is 12.8. The molecule has 0 saturated carbocycles. The van der Waals surface area contributed by atoms with E-state index in [1.54, 1.807) is 0 Å². The first kappa shape index (κ1) is 21.6. The van der Waals surface area contributed by atoms with E-state index in [2.05, 4.69) is 34.7 Å². The molecular weight excluding hydrogens is 420 g/mol. The van der Waals surface area contributed by atoms with Gasteiger partial charge in [0.25, 0.3) is 11.5 Å². The monoisotopic (exact) mass is 444 g/mol. The molecule has 4 aromatic rings. The minimum absolute atomic E-state index is 0.182. The predicted molar refractivity (Wildman–Crippen MR) is 129 cm³/mol. The van der Waals surface area contributed by atoms with Crippen molar-refractivity contribution in [2.24, 2.45) is 0 Å². The van der Waals surface area contributed by atoms with Crippen LogP contribution in [0.15, 0.2) is 65.5 Å². The van der Waals surface area contributed by atoms with Crippen LogP contribution >= 0.6 is 11.3 Å². The summed E-state index contributed by atoms with van der Waals surface area (Å²) < 4.78 is 1.31. The highest BCUT2D eigenvalue weighted by Gasteiger charge is 2.18. The van der Waals surface area contributed by atoms with Gasteiger partial charge in [0.1, 0.15) is 5.69 Å². The molecule has 6 nitrogen and oxygen atoms in total. The van der Waals surface area contributed by atoms with Crippen LogP contribution in [-0.4, -0.2) is 20.7 Å². The number of benzene rings is 2. The molecule has 0 aliphatic rings. The van der Waals surface area contributed by atoms with Gasteiger partial charge in [-0.05, 0) is 31.9 Å². The fourth-order valence-corrected chi connectivity index (χ4v) is 4.27. The van der Waals surface area contributed by atoms with Crippen LogP contribution in [0, 0.1) is 13.8 Å². The van der Waals surface area contributed by atoms with Crippen molar-refractivity contribution in [1.29, 1.82) is 0 Å². The molecule has 32 heavy (non-hydrogen) atoms. The van der Waals surface area contributed by atoms with Crippen molar-refractivity contribution in [3.63, 3.8) is 0 Å². The van der Waals surface area contributed by atoms with Crippen molar-refractivity contribution in [2.75, 3.05) is 5.32 Å². The Kier molecular flexibility index (Phi) is 6.28. The van der Waals surface area contributed by atoms with E-state index >= 15 is 0 Å². The molecule has 0 unspecified atom stereocenters.